The molecule has 1 atom stereocenters. The number of hydrogen-bond donors (Lipinski definition) is 3. The highest BCUT2D eigenvalue weighted by molar-refractivity contribution is 5.79. The lowest BCUT2D eigenvalue weighted by Crippen LogP contribution is -2.32. The first-order valence-electron chi connectivity index (χ1n) is 12.6. The minimum absolute atomic E-state index is 0.0482. The van der Waals surface area contributed by atoms with E-state index in [2.05, 4.69) is 34.9 Å². The van der Waals surface area contributed by atoms with Crippen molar-refractivity contribution in [1.82, 2.24) is 10.6 Å². The van der Waals surface area contributed by atoms with Crippen molar-refractivity contribution in [3.63, 3.8) is 0 Å². The molecule has 0 heterocycles. The number of amides is 2. The summed E-state index contributed by atoms with van der Waals surface area (Å²) in [6, 6.07) is 16.5. The number of carboxylic acid groups (broad SMARTS) is 1. The van der Waals surface area contributed by atoms with Crippen LogP contribution in [0.1, 0.15) is 68.9 Å². The van der Waals surface area contributed by atoms with Gasteiger partial charge in [0.05, 0.1) is 5.92 Å². The first-order chi connectivity index (χ1) is 17.0. The molecule has 2 aromatic carbocycles. The molecule has 0 spiro atoms. The van der Waals surface area contributed by atoms with E-state index in [-0.39, 0.29) is 18.4 Å². The first-order valence-corrected chi connectivity index (χ1v) is 12.6. The van der Waals surface area contributed by atoms with Gasteiger partial charge in [0.25, 0.3) is 0 Å². The lowest BCUT2D eigenvalue weighted by Gasteiger charge is -2.14. The van der Waals surface area contributed by atoms with E-state index in [9.17, 15) is 14.4 Å². The molecule has 2 amide bonds. The standard InChI is InChI=1S/C28H36N2O5/c1-2-11-20(27(32)33)18-30-26(31)16-5-3-4-10-17-29-28(34)35-19-25-23-14-8-6-12-21(23)22-13-7-9-15-24(22)25/h6-9,12-15,20,25H,2-5,10-11,16-19H2,1H3,(H,29,34)(H,30,31)(H,32,33). The molecule has 35 heavy (non-hydrogen) atoms. The van der Waals surface area contributed by atoms with Crippen molar-refractivity contribution in [3.8, 4) is 11.1 Å². The summed E-state index contributed by atoms with van der Waals surface area (Å²) in [5.41, 5.74) is 4.78. The van der Waals surface area contributed by atoms with E-state index >= 15 is 0 Å². The second kappa shape index (κ2) is 13.5. The van der Waals surface area contributed by atoms with Gasteiger partial charge >= 0.3 is 12.1 Å². The second-order valence-electron chi connectivity index (χ2n) is 9.04. The first kappa shape index (κ1) is 26.3. The van der Waals surface area contributed by atoms with E-state index < -0.39 is 18.0 Å². The van der Waals surface area contributed by atoms with Crippen LogP contribution in [0.2, 0.25) is 0 Å². The summed E-state index contributed by atoms with van der Waals surface area (Å²) < 4.78 is 5.53. The maximum absolute atomic E-state index is 12.2. The summed E-state index contributed by atoms with van der Waals surface area (Å²) in [7, 11) is 0. The minimum atomic E-state index is -0.865. The van der Waals surface area contributed by atoms with Crippen molar-refractivity contribution < 1.29 is 24.2 Å². The molecule has 0 bridgehead atoms. The zero-order valence-corrected chi connectivity index (χ0v) is 20.4. The molecule has 0 aromatic heterocycles. The molecule has 7 heteroatoms. The molecule has 1 unspecified atom stereocenters. The van der Waals surface area contributed by atoms with Gasteiger partial charge < -0.3 is 20.5 Å². The highest BCUT2D eigenvalue weighted by Crippen LogP contribution is 2.44. The van der Waals surface area contributed by atoms with Crippen LogP contribution in [0.3, 0.4) is 0 Å². The van der Waals surface area contributed by atoms with Gasteiger partial charge in [-0.05, 0) is 41.5 Å². The van der Waals surface area contributed by atoms with Gasteiger partial charge in [-0.15, -0.1) is 0 Å². The number of hydrogen-bond acceptors (Lipinski definition) is 4. The zero-order chi connectivity index (χ0) is 25.0. The van der Waals surface area contributed by atoms with Crippen LogP contribution in [0, 0.1) is 5.92 Å². The predicted molar refractivity (Wildman–Crippen MR) is 135 cm³/mol. The molecule has 0 fully saturated rings. The maximum atomic E-state index is 12.2. The van der Waals surface area contributed by atoms with E-state index in [1.165, 1.54) is 22.3 Å². The average Bonchev–Trinajstić information content (AvgIpc) is 3.18. The molecule has 3 rings (SSSR count). The van der Waals surface area contributed by atoms with E-state index in [0.717, 1.165) is 32.1 Å². The Hall–Kier alpha value is -3.35. The third kappa shape index (κ3) is 7.57. The molecular weight excluding hydrogens is 444 g/mol. The third-order valence-electron chi connectivity index (χ3n) is 6.48. The summed E-state index contributed by atoms with van der Waals surface area (Å²) >= 11 is 0. The molecule has 0 radical (unpaired) electrons. The number of carboxylic acids is 1. The number of unbranched alkanes of at least 4 members (excludes halogenated alkanes) is 3. The predicted octanol–water partition coefficient (Wildman–Crippen LogP) is 5.09. The number of rotatable bonds is 14. The van der Waals surface area contributed by atoms with Crippen LogP contribution < -0.4 is 10.6 Å². The molecule has 0 aliphatic heterocycles. The number of carbonyl (C=O) groups excluding carboxylic acids is 2. The molecule has 7 nitrogen and oxygen atoms in total. The van der Waals surface area contributed by atoms with Crippen LogP contribution >= 0.6 is 0 Å². The third-order valence-corrected chi connectivity index (χ3v) is 6.48. The SMILES string of the molecule is CCCC(CNC(=O)CCCCCCNC(=O)OCC1c2ccccc2-c2ccccc21)C(=O)O. The Balaban J connectivity index is 1.27. The molecule has 2 aromatic rings. The summed E-state index contributed by atoms with van der Waals surface area (Å²) in [4.78, 5) is 35.2. The Kier molecular flexibility index (Phi) is 10.1. The van der Waals surface area contributed by atoms with Crippen molar-refractivity contribution in [2.75, 3.05) is 19.7 Å². The monoisotopic (exact) mass is 480 g/mol. The Morgan fingerprint density at radius 2 is 1.54 bits per heavy atom. The van der Waals surface area contributed by atoms with E-state index in [1.807, 2.05) is 31.2 Å². The maximum Gasteiger partial charge on any atom is 0.407 e. The van der Waals surface area contributed by atoms with Crippen LogP contribution in [-0.4, -0.2) is 42.8 Å². The molecule has 0 saturated heterocycles. The van der Waals surface area contributed by atoms with E-state index in [4.69, 9.17) is 9.84 Å². The fraction of sp³-hybridized carbons (Fsp3) is 0.464. The average molecular weight is 481 g/mol. The fourth-order valence-corrected chi connectivity index (χ4v) is 4.59. The highest BCUT2D eigenvalue weighted by atomic mass is 16.5. The number of nitrogens with one attached hydrogen (secondary N) is 2. The van der Waals surface area contributed by atoms with Crippen molar-refractivity contribution in [2.24, 2.45) is 5.92 Å². The lowest BCUT2D eigenvalue weighted by molar-refractivity contribution is -0.141. The number of ether oxygens (including phenoxy) is 1. The van der Waals surface area contributed by atoms with E-state index in [1.54, 1.807) is 0 Å². The lowest BCUT2D eigenvalue weighted by atomic mass is 9.98. The smallest absolute Gasteiger partial charge is 0.407 e. The fourth-order valence-electron chi connectivity index (χ4n) is 4.59. The summed E-state index contributed by atoms with van der Waals surface area (Å²) in [6.45, 7) is 2.95. The van der Waals surface area contributed by atoms with Gasteiger partial charge in [0.2, 0.25) is 5.91 Å². The van der Waals surface area contributed by atoms with Gasteiger partial charge in [0.1, 0.15) is 6.61 Å². The normalized spacial score (nSPS) is 12.9. The van der Waals surface area contributed by atoms with Crippen molar-refractivity contribution in [1.29, 1.82) is 0 Å². The van der Waals surface area contributed by atoms with Crippen LogP contribution in [0.5, 0.6) is 0 Å². The zero-order valence-electron chi connectivity index (χ0n) is 20.4. The molecule has 0 saturated carbocycles. The van der Waals surface area contributed by atoms with Gasteiger partial charge in [0.15, 0.2) is 0 Å². The summed E-state index contributed by atoms with van der Waals surface area (Å²) in [5, 5.41) is 14.7. The van der Waals surface area contributed by atoms with Gasteiger partial charge in [-0.1, -0.05) is 74.7 Å². The minimum Gasteiger partial charge on any atom is -0.481 e. The van der Waals surface area contributed by atoms with Crippen molar-refractivity contribution in [3.05, 3.63) is 59.7 Å². The van der Waals surface area contributed by atoms with Crippen LogP contribution in [0.4, 0.5) is 4.79 Å². The van der Waals surface area contributed by atoms with Crippen LogP contribution in [0.15, 0.2) is 48.5 Å². The van der Waals surface area contributed by atoms with Gasteiger partial charge in [-0.25, -0.2) is 4.79 Å². The molecule has 3 N–H and O–H groups in total. The Morgan fingerprint density at radius 1 is 0.914 bits per heavy atom. The van der Waals surface area contributed by atoms with Gasteiger partial charge in [-0.2, -0.15) is 0 Å². The number of fused-ring (bicyclic) bond motifs is 3. The number of carbonyl (C=O) groups is 3. The Labute approximate surface area is 207 Å². The van der Waals surface area contributed by atoms with Gasteiger partial charge in [-0.3, -0.25) is 9.59 Å². The summed E-state index contributed by atoms with van der Waals surface area (Å²) in [6.07, 6.45) is 4.63. The molecule has 188 valence electrons. The number of benzene rings is 2. The van der Waals surface area contributed by atoms with Crippen molar-refractivity contribution in [2.45, 2.75) is 57.8 Å². The Bertz CT molecular complexity index is 961. The quantitative estimate of drug-likeness (QED) is 0.327. The summed E-state index contributed by atoms with van der Waals surface area (Å²) in [5.74, 6) is -1.44. The molecule has 1 aliphatic carbocycles. The molecule has 1 aliphatic rings. The Morgan fingerprint density at radius 3 is 2.17 bits per heavy atom. The number of alkyl carbamates (subject to hydrolysis) is 1. The van der Waals surface area contributed by atoms with Crippen LogP contribution in [-0.2, 0) is 14.3 Å². The number of aliphatic carboxylic acids is 1. The van der Waals surface area contributed by atoms with Gasteiger partial charge in [0, 0.05) is 25.4 Å². The van der Waals surface area contributed by atoms with Crippen LogP contribution in [0.25, 0.3) is 11.1 Å². The second-order valence-corrected chi connectivity index (χ2v) is 9.04. The topological polar surface area (TPSA) is 105 Å². The van der Waals surface area contributed by atoms with E-state index in [0.29, 0.717) is 26.0 Å². The molecular formula is C28H36N2O5. The van der Waals surface area contributed by atoms with Crippen molar-refractivity contribution >= 4 is 18.0 Å². The largest absolute Gasteiger partial charge is 0.481 e. The highest BCUT2D eigenvalue weighted by Gasteiger charge is 2.28.